The fourth-order valence-electron chi connectivity index (χ4n) is 2.40. The minimum absolute atomic E-state index is 0.0637. The third kappa shape index (κ3) is 2.30. The molecule has 0 bridgehead atoms. The molecular formula is C17H16N2O. The van der Waals surface area contributed by atoms with E-state index in [-0.39, 0.29) is 5.91 Å². The fraction of sp³-hybridized carbons (Fsp3) is 0.118. The third-order valence-corrected chi connectivity index (χ3v) is 3.31. The van der Waals surface area contributed by atoms with Crippen molar-refractivity contribution in [3.63, 3.8) is 0 Å². The molecule has 0 spiro atoms. The summed E-state index contributed by atoms with van der Waals surface area (Å²) in [5, 5.41) is 4.05. The number of H-pyrrole nitrogens is 1. The molecule has 1 amide bonds. The van der Waals surface area contributed by atoms with E-state index in [2.05, 4.69) is 28.5 Å². The Morgan fingerprint density at radius 3 is 2.65 bits per heavy atom. The Morgan fingerprint density at radius 2 is 1.90 bits per heavy atom. The van der Waals surface area contributed by atoms with Crippen LogP contribution in [0, 0.1) is 6.92 Å². The fourth-order valence-corrected chi connectivity index (χ4v) is 2.40. The number of aromatic nitrogens is 1. The zero-order valence-corrected chi connectivity index (χ0v) is 11.5. The van der Waals surface area contributed by atoms with Crippen LogP contribution in [0.2, 0.25) is 0 Å². The minimum atomic E-state index is -0.0637. The van der Waals surface area contributed by atoms with Gasteiger partial charge in [-0.15, -0.1) is 0 Å². The van der Waals surface area contributed by atoms with Crippen LogP contribution in [0.25, 0.3) is 22.2 Å². The first-order chi connectivity index (χ1) is 9.63. The number of para-hydroxylation sites is 1. The lowest BCUT2D eigenvalue weighted by Crippen LogP contribution is -2.07. The Kier molecular flexibility index (Phi) is 3.03. The Labute approximate surface area is 117 Å². The Balaban J connectivity index is 2.16. The van der Waals surface area contributed by atoms with Gasteiger partial charge in [-0.25, -0.2) is 0 Å². The van der Waals surface area contributed by atoms with Crippen LogP contribution >= 0.6 is 0 Å². The van der Waals surface area contributed by atoms with Gasteiger partial charge in [-0.2, -0.15) is 0 Å². The normalized spacial score (nSPS) is 10.7. The van der Waals surface area contributed by atoms with Gasteiger partial charge in [0.25, 0.3) is 0 Å². The van der Waals surface area contributed by atoms with E-state index in [1.807, 2.05) is 37.3 Å². The van der Waals surface area contributed by atoms with Crippen molar-refractivity contribution in [2.75, 3.05) is 5.32 Å². The lowest BCUT2D eigenvalue weighted by atomic mass is 10.1. The molecule has 100 valence electrons. The summed E-state index contributed by atoms with van der Waals surface area (Å²) >= 11 is 0. The van der Waals surface area contributed by atoms with Crippen molar-refractivity contribution >= 4 is 22.5 Å². The van der Waals surface area contributed by atoms with Crippen LogP contribution in [-0.4, -0.2) is 10.9 Å². The second-order valence-electron chi connectivity index (χ2n) is 5.00. The van der Waals surface area contributed by atoms with E-state index in [9.17, 15) is 4.79 Å². The highest BCUT2D eigenvalue weighted by molar-refractivity contribution is 5.95. The molecule has 0 radical (unpaired) electrons. The maximum atomic E-state index is 11.3. The van der Waals surface area contributed by atoms with Gasteiger partial charge in [0.2, 0.25) is 5.91 Å². The van der Waals surface area contributed by atoms with Crippen LogP contribution in [0.3, 0.4) is 0 Å². The highest BCUT2D eigenvalue weighted by Crippen LogP contribution is 2.31. The maximum Gasteiger partial charge on any atom is 0.221 e. The number of carbonyl (C=O) groups excluding carboxylic acids is 1. The maximum absolute atomic E-state index is 11.3. The van der Waals surface area contributed by atoms with Gasteiger partial charge in [-0.3, -0.25) is 4.79 Å². The van der Waals surface area contributed by atoms with Crippen molar-refractivity contribution in [3.8, 4) is 11.3 Å². The standard InChI is InChI=1S/C17H16N2O/c1-11-7-8-16(18-12(2)20)14(9-11)17-10-13-5-3-4-6-15(13)19-17/h3-10,19H,1-2H3,(H,18,20). The Bertz CT molecular complexity index is 754. The van der Waals surface area contributed by atoms with Gasteiger partial charge in [0.1, 0.15) is 0 Å². The van der Waals surface area contributed by atoms with E-state index in [1.165, 1.54) is 6.92 Å². The van der Waals surface area contributed by atoms with E-state index in [1.54, 1.807) is 0 Å². The molecule has 3 aromatic rings. The quantitative estimate of drug-likeness (QED) is 0.719. The van der Waals surface area contributed by atoms with E-state index in [4.69, 9.17) is 0 Å². The summed E-state index contributed by atoms with van der Waals surface area (Å²) in [6.07, 6.45) is 0. The topological polar surface area (TPSA) is 44.9 Å². The number of fused-ring (bicyclic) bond motifs is 1. The number of aryl methyl sites for hydroxylation is 1. The average molecular weight is 264 g/mol. The first kappa shape index (κ1) is 12.5. The van der Waals surface area contributed by atoms with Gasteiger partial charge in [0.05, 0.1) is 5.69 Å². The van der Waals surface area contributed by atoms with Gasteiger partial charge in [-0.05, 0) is 31.2 Å². The van der Waals surface area contributed by atoms with Gasteiger partial charge < -0.3 is 10.3 Å². The van der Waals surface area contributed by atoms with Crippen molar-refractivity contribution in [1.82, 2.24) is 4.98 Å². The molecule has 2 aromatic carbocycles. The summed E-state index contributed by atoms with van der Waals surface area (Å²) in [5.74, 6) is -0.0637. The minimum Gasteiger partial charge on any atom is -0.354 e. The number of hydrogen-bond donors (Lipinski definition) is 2. The number of amides is 1. The predicted octanol–water partition coefficient (Wildman–Crippen LogP) is 4.10. The zero-order chi connectivity index (χ0) is 14.1. The molecule has 20 heavy (non-hydrogen) atoms. The lowest BCUT2D eigenvalue weighted by Gasteiger charge is -2.09. The van der Waals surface area contributed by atoms with Crippen LogP contribution in [0.15, 0.2) is 48.5 Å². The highest BCUT2D eigenvalue weighted by Gasteiger charge is 2.09. The number of nitrogens with one attached hydrogen (secondary N) is 2. The molecular weight excluding hydrogens is 248 g/mol. The number of carbonyl (C=O) groups is 1. The molecule has 0 saturated heterocycles. The SMILES string of the molecule is CC(=O)Nc1ccc(C)cc1-c1cc2ccccc2[nH]1. The summed E-state index contributed by atoms with van der Waals surface area (Å²) < 4.78 is 0. The first-order valence-electron chi connectivity index (χ1n) is 6.60. The number of benzene rings is 2. The molecule has 3 heteroatoms. The molecule has 0 unspecified atom stereocenters. The van der Waals surface area contributed by atoms with Crippen molar-refractivity contribution in [3.05, 3.63) is 54.1 Å². The lowest BCUT2D eigenvalue weighted by molar-refractivity contribution is -0.114. The first-order valence-corrected chi connectivity index (χ1v) is 6.60. The Hall–Kier alpha value is -2.55. The van der Waals surface area contributed by atoms with E-state index in [0.29, 0.717) is 0 Å². The predicted molar refractivity (Wildman–Crippen MR) is 82.8 cm³/mol. The Morgan fingerprint density at radius 1 is 1.10 bits per heavy atom. The second-order valence-corrected chi connectivity index (χ2v) is 5.00. The van der Waals surface area contributed by atoms with Crippen LogP contribution in [0.1, 0.15) is 12.5 Å². The van der Waals surface area contributed by atoms with Crippen molar-refractivity contribution in [1.29, 1.82) is 0 Å². The van der Waals surface area contributed by atoms with Gasteiger partial charge >= 0.3 is 0 Å². The number of anilines is 1. The van der Waals surface area contributed by atoms with Crippen LogP contribution in [-0.2, 0) is 4.79 Å². The summed E-state index contributed by atoms with van der Waals surface area (Å²) in [6.45, 7) is 3.57. The second kappa shape index (κ2) is 4.85. The molecule has 0 aliphatic heterocycles. The number of rotatable bonds is 2. The summed E-state index contributed by atoms with van der Waals surface area (Å²) in [4.78, 5) is 14.7. The molecule has 2 N–H and O–H groups in total. The molecule has 0 fully saturated rings. The molecule has 0 saturated carbocycles. The summed E-state index contributed by atoms with van der Waals surface area (Å²) in [5.41, 5.74) is 5.11. The van der Waals surface area contributed by atoms with Gasteiger partial charge in [0, 0.05) is 29.1 Å². The highest BCUT2D eigenvalue weighted by atomic mass is 16.1. The average Bonchev–Trinajstić information content (AvgIpc) is 2.84. The third-order valence-electron chi connectivity index (χ3n) is 3.31. The molecule has 1 heterocycles. The zero-order valence-electron chi connectivity index (χ0n) is 11.5. The molecule has 3 rings (SSSR count). The van der Waals surface area contributed by atoms with Crippen LogP contribution < -0.4 is 5.32 Å². The van der Waals surface area contributed by atoms with Crippen molar-refractivity contribution < 1.29 is 4.79 Å². The van der Waals surface area contributed by atoms with Crippen LogP contribution in [0.4, 0.5) is 5.69 Å². The molecule has 0 aliphatic carbocycles. The van der Waals surface area contributed by atoms with Gasteiger partial charge in [0.15, 0.2) is 0 Å². The molecule has 1 aromatic heterocycles. The monoisotopic (exact) mass is 264 g/mol. The summed E-state index contributed by atoms with van der Waals surface area (Å²) in [6, 6.07) is 16.3. The number of hydrogen-bond acceptors (Lipinski definition) is 1. The molecule has 0 aliphatic rings. The largest absolute Gasteiger partial charge is 0.354 e. The number of aromatic amines is 1. The van der Waals surface area contributed by atoms with E-state index in [0.717, 1.165) is 33.4 Å². The van der Waals surface area contributed by atoms with Crippen LogP contribution in [0.5, 0.6) is 0 Å². The van der Waals surface area contributed by atoms with E-state index < -0.39 is 0 Å². The van der Waals surface area contributed by atoms with Crippen molar-refractivity contribution in [2.24, 2.45) is 0 Å². The molecule has 3 nitrogen and oxygen atoms in total. The van der Waals surface area contributed by atoms with Crippen molar-refractivity contribution in [2.45, 2.75) is 13.8 Å². The smallest absolute Gasteiger partial charge is 0.221 e. The van der Waals surface area contributed by atoms with Gasteiger partial charge in [-0.1, -0.05) is 29.8 Å². The molecule has 0 atom stereocenters. The van der Waals surface area contributed by atoms with E-state index >= 15 is 0 Å². The summed E-state index contributed by atoms with van der Waals surface area (Å²) in [7, 11) is 0.